The van der Waals surface area contributed by atoms with Crippen LogP contribution in [-0.2, 0) is 9.53 Å². The number of para-hydroxylation sites is 1. The first-order valence-electron chi connectivity index (χ1n) is 8.82. The van der Waals surface area contributed by atoms with Gasteiger partial charge in [-0.1, -0.05) is 18.2 Å². The Morgan fingerprint density at radius 2 is 1.52 bits per heavy atom. The Bertz CT molecular complexity index is 711. The standard InChI is InChI=1S/C21H24O6/c1-25-21(24)17(6-5-14-26-18-7-3-2-4-8-18)13-15-27-19-11-9-16(10-12-19)20(22)23/h2-4,7-12,17H,5-6,13-15H2,1H3,(H,22,23). The molecule has 1 atom stereocenters. The summed E-state index contributed by atoms with van der Waals surface area (Å²) in [7, 11) is 1.38. The second kappa shape index (κ2) is 10.9. The molecule has 0 aliphatic rings. The van der Waals surface area contributed by atoms with Crippen molar-refractivity contribution in [1.82, 2.24) is 0 Å². The lowest BCUT2D eigenvalue weighted by molar-refractivity contribution is -0.146. The number of rotatable bonds is 11. The largest absolute Gasteiger partial charge is 0.494 e. The van der Waals surface area contributed by atoms with Crippen LogP contribution in [0.2, 0.25) is 0 Å². The molecule has 0 amide bonds. The highest BCUT2D eigenvalue weighted by Gasteiger charge is 2.19. The summed E-state index contributed by atoms with van der Waals surface area (Å²) in [5.74, 6) is -0.145. The minimum absolute atomic E-state index is 0.202. The van der Waals surface area contributed by atoms with Crippen LogP contribution in [0.3, 0.4) is 0 Å². The zero-order valence-corrected chi connectivity index (χ0v) is 15.3. The molecule has 0 aliphatic carbocycles. The van der Waals surface area contributed by atoms with Crippen molar-refractivity contribution in [1.29, 1.82) is 0 Å². The van der Waals surface area contributed by atoms with Gasteiger partial charge in [-0.15, -0.1) is 0 Å². The summed E-state index contributed by atoms with van der Waals surface area (Å²) in [5.41, 5.74) is 0.202. The maximum absolute atomic E-state index is 12.0. The van der Waals surface area contributed by atoms with Gasteiger partial charge in [-0.3, -0.25) is 4.79 Å². The molecular formula is C21H24O6. The van der Waals surface area contributed by atoms with Crippen LogP contribution in [-0.4, -0.2) is 37.4 Å². The predicted molar refractivity (Wildman–Crippen MR) is 100 cm³/mol. The molecular weight excluding hydrogens is 348 g/mol. The van der Waals surface area contributed by atoms with E-state index in [-0.39, 0.29) is 17.5 Å². The number of carbonyl (C=O) groups is 2. The Labute approximate surface area is 158 Å². The first-order valence-corrected chi connectivity index (χ1v) is 8.82. The number of aromatic carboxylic acids is 1. The summed E-state index contributed by atoms with van der Waals surface area (Å²) in [6.45, 7) is 0.862. The van der Waals surface area contributed by atoms with Gasteiger partial charge in [0.15, 0.2) is 0 Å². The molecule has 2 rings (SSSR count). The summed E-state index contributed by atoms with van der Waals surface area (Å²) in [6.07, 6.45) is 1.88. The average Bonchev–Trinajstić information content (AvgIpc) is 2.70. The molecule has 27 heavy (non-hydrogen) atoms. The predicted octanol–water partition coefficient (Wildman–Crippen LogP) is 3.80. The monoisotopic (exact) mass is 372 g/mol. The van der Waals surface area contributed by atoms with Crippen LogP contribution in [0.1, 0.15) is 29.6 Å². The molecule has 2 aromatic carbocycles. The van der Waals surface area contributed by atoms with Crippen molar-refractivity contribution in [3.63, 3.8) is 0 Å². The van der Waals surface area contributed by atoms with Gasteiger partial charge >= 0.3 is 11.9 Å². The van der Waals surface area contributed by atoms with E-state index in [4.69, 9.17) is 19.3 Å². The molecule has 2 aromatic rings. The SMILES string of the molecule is COC(=O)C(CCCOc1ccccc1)CCOc1ccc(C(=O)O)cc1. The Morgan fingerprint density at radius 3 is 2.15 bits per heavy atom. The molecule has 0 spiro atoms. The number of hydrogen-bond donors (Lipinski definition) is 1. The molecule has 0 aliphatic heterocycles. The normalized spacial score (nSPS) is 11.4. The van der Waals surface area contributed by atoms with E-state index in [1.165, 1.54) is 19.2 Å². The number of hydrogen-bond acceptors (Lipinski definition) is 5. The van der Waals surface area contributed by atoms with Gasteiger partial charge < -0.3 is 19.3 Å². The smallest absolute Gasteiger partial charge is 0.335 e. The van der Waals surface area contributed by atoms with Crippen molar-refractivity contribution in [3.05, 3.63) is 60.2 Å². The quantitative estimate of drug-likeness (QED) is 0.477. The summed E-state index contributed by atoms with van der Waals surface area (Å²) in [5, 5.41) is 8.89. The van der Waals surface area contributed by atoms with E-state index in [2.05, 4.69) is 0 Å². The lowest BCUT2D eigenvalue weighted by Gasteiger charge is -2.15. The minimum atomic E-state index is -0.981. The Balaban J connectivity index is 1.74. The highest BCUT2D eigenvalue weighted by molar-refractivity contribution is 5.87. The van der Waals surface area contributed by atoms with Gasteiger partial charge in [0, 0.05) is 0 Å². The molecule has 6 nitrogen and oxygen atoms in total. The summed E-state index contributed by atoms with van der Waals surface area (Å²) >= 11 is 0. The Hall–Kier alpha value is -3.02. The maximum Gasteiger partial charge on any atom is 0.335 e. The molecule has 0 heterocycles. The molecule has 0 saturated carbocycles. The fourth-order valence-electron chi connectivity index (χ4n) is 2.60. The molecule has 1 unspecified atom stereocenters. The molecule has 0 saturated heterocycles. The zero-order chi connectivity index (χ0) is 19.5. The lowest BCUT2D eigenvalue weighted by atomic mass is 10.0. The molecule has 1 N–H and O–H groups in total. The van der Waals surface area contributed by atoms with Gasteiger partial charge in [-0.25, -0.2) is 4.79 Å². The third-order valence-electron chi connectivity index (χ3n) is 4.08. The average molecular weight is 372 g/mol. The van der Waals surface area contributed by atoms with Crippen molar-refractivity contribution in [3.8, 4) is 11.5 Å². The van der Waals surface area contributed by atoms with E-state index in [1.54, 1.807) is 12.1 Å². The molecule has 0 radical (unpaired) electrons. The minimum Gasteiger partial charge on any atom is -0.494 e. The second-order valence-corrected chi connectivity index (χ2v) is 5.99. The summed E-state index contributed by atoms with van der Waals surface area (Å²) in [6, 6.07) is 15.7. The summed E-state index contributed by atoms with van der Waals surface area (Å²) in [4.78, 5) is 22.8. The van der Waals surface area contributed by atoms with Gasteiger partial charge in [-0.05, 0) is 55.7 Å². The lowest BCUT2D eigenvalue weighted by Crippen LogP contribution is -2.20. The first kappa shape index (κ1) is 20.3. The van der Waals surface area contributed by atoms with Crippen LogP contribution in [0.15, 0.2) is 54.6 Å². The van der Waals surface area contributed by atoms with Crippen LogP contribution in [0.25, 0.3) is 0 Å². The topological polar surface area (TPSA) is 82.1 Å². The second-order valence-electron chi connectivity index (χ2n) is 5.99. The van der Waals surface area contributed by atoms with E-state index in [0.717, 1.165) is 12.2 Å². The number of carboxylic acids is 1. The van der Waals surface area contributed by atoms with Crippen LogP contribution in [0.4, 0.5) is 0 Å². The zero-order valence-electron chi connectivity index (χ0n) is 15.3. The molecule has 0 aromatic heterocycles. The van der Waals surface area contributed by atoms with Crippen molar-refractivity contribution >= 4 is 11.9 Å². The van der Waals surface area contributed by atoms with Gasteiger partial charge in [0.1, 0.15) is 11.5 Å². The van der Waals surface area contributed by atoms with E-state index in [1.807, 2.05) is 30.3 Å². The number of ether oxygens (including phenoxy) is 3. The number of benzene rings is 2. The number of esters is 1. The highest BCUT2D eigenvalue weighted by atomic mass is 16.5. The molecule has 0 fully saturated rings. The van der Waals surface area contributed by atoms with Gasteiger partial charge in [0.2, 0.25) is 0 Å². The Kier molecular flexibility index (Phi) is 8.16. The number of methoxy groups -OCH3 is 1. The molecule has 144 valence electrons. The maximum atomic E-state index is 12.0. The van der Waals surface area contributed by atoms with Crippen molar-refractivity contribution in [2.24, 2.45) is 5.92 Å². The van der Waals surface area contributed by atoms with Gasteiger partial charge in [0.05, 0.1) is 31.8 Å². The van der Waals surface area contributed by atoms with Crippen LogP contribution >= 0.6 is 0 Å². The third-order valence-corrected chi connectivity index (χ3v) is 4.08. The van der Waals surface area contributed by atoms with Gasteiger partial charge in [0.25, 0.3) is 0 Å². The van der Waals surface area contributed by atoms with Crippen molar-refractivity contribution in [2.75, 3.05) is 20.3 Å². The van der Waals surface area contributed by atoms with E-state index in [9.17, 15) is 9.59 Å². The molecule has 0 bridgehead atoms. The fourth-order valence-corrected chi connectivity index (χ4v) is 2.60. The van der Waals surface area contributed by atoms with Crippen molar-refractivity contribution < 1.29 is 28.9 Å². The van der Waals surface area contributed by atoms with Gasteiger partial charge in [-0.2, -0.15) is 0 Å². The van der Waals surface area contributed by atoms with Crippen molar-refractivity contribution in [2.45, 2.75) is 19.3 Å². The summed E-state index contributed by atoms with van der Waals surface area (Å²) < 4.78 is 16.1. The number of carboxylic acid groups (broad SMARTS) is 1. The van der Waals surface area contributed by atoms with E-state index < -0.39 is 5.97 Å². The van der Waals surface area contributed by atoms with Crippen LogP contribution in [0.5, 0.6) is 11.5 Å². The van der Waals surface area contributed by atoms with E-state index >= 15 is 0 Å². The molecule has 6 heteroatoms. The van der Waals surface area contributed by atoms with Crippen LogP contribution in [0, 0.1) is 5.92 Å². The van der Waals surface area contributed by atoms with E-state index in [0.29, 0.717) is 31.8 Å². The highest BCUT2D eigenvalue weighted by Crippen LogP contribution is 2.17. The Morgan fingerprint density at radius 1 is 0.889 bits per heavy atom. The van der Waals surface area contributed by atoms with Crippen LogP contribution < -0.4 is 9.47 Å². The third kappa shape index (κ3) is 7.01. The fraction of sp³-hybridized carbons (Fsp3) is 0.333. The first-order chi connectivity index (χ1) is 13.1. The number of carbonyl (C=O) groups excluding carboxylic acids is 1.